The Labute approximate surface area is 189 Å². The molecule has 2 aromatic heterocycles. The molecule has 0 fully saturated rings. The van der Waals surface area contributed by atoms with Crippen molar-refractivity contribution in [2.75, 3.05) is 10.6 Å². The van der Waals surface area contributed by atoms with E-state index in [1.165, 1.54) is 0 Å². The maximum atomic E-state index is 12.6. The fourth-order valence-corrected chi connectivity index (χ4v) is 3.89. The third-order valence-corrected chi connectivity index (χ3v) is 5.83. The lowest BCUT2D eigenvalue weighted by Gasteiger charge is -2.17. The lowest BCUT2D eigenvalue weighted by molar-refractivity contribution is 0.102. The molecule has 0 aliphatic heterocycles. The zero-order chi connectivity index (χ0) is 22.5. The predicted molar refractivity (Wildman–Crippen MR) is 129 cm³/mol. The van der Waals surface area contributed by atoms with Gasteiger partial charge in [-0.25, -0.2) is 4.98 Å². The third kappa shape index (κ3) is 5.19. The molecule has 6 heteroatoms. The summed E-state index contributed by atoms with van der Waals surface area (Å²) in [4.78, 5) is 26.1. The van der Waals surface area contributed by atoms with Crippen LogP contribution in [0.2, 0.25) is 0 Å². The highest BCUT2D eigenvalue weighted by atomic mass is 16.1. The molecule has 6 nitrogen and oxygen atoms in total. The number of amides is 1. The van der Waals surface area contributed by atoms with Gasteiger partial charge in [0, 0.05) is 18.1 Å². The van der Waals surface area contributed by atoms with Crippen LogP contribution in [0.5, 0.6) is 0 Å². The normalized spacial score (nSPS) is 16.0. The summed E-state index contributed by atoms with van der Waals surface area (Å²) < 4.78 is 0. The Bertz CT molecular complexity index is 1140. The number of pyridine rings is 1. The van der Waals surface area contributed by atoms with Gasteiger partial charge >= 0.3 is 0 Å². The molecule has 2 atom stereocenters. The lowest BCUT2D eigenvalue weighted by atomic mass is 10.0. The molecule has 1 aliphatic rings. The largest absolute Gasteiger partial charge is 0.362 e. The van der Waals surface area contributed by atoms with Gasteiger partial charge in [-0.2, -0.15) is 0 Å². The smallest absolute Gasteiger partial charge is 0.257 e. The third-order valence-electron chi connectivity index (χ3n) is 5.83. The summed E-state index contributed by atoms with van der Waals surface area (Å²) in [5.74, 6) is 1.18. The molecule has 1 unspecified atom stereocenters. The highest BCUT2D eigenvalue weighted by molar-refractivity contribution is 6.04. The van der Waals surface area contributed by atoms with Crippen molar-refractivity contribution in [3.63, 3.8) is 0 Å². The quantitative estimate of drug-likeness (QED) is 0.536. The number of anilines is 2. The second-order valence-electron chi connectivity index (χ2n) is 8.35. The van der Waals surface area contributed by atoms with Gasteiger partial charge < -0.3 is 10.6 Å². The molecule has 4 rings (SSSR count). The number of allylic oxidation sites excluding steroid dienone is 1. The Kier molecular flexibility index (Phi) is 6.59. The van der Waals surface area contributed by atoms with E-state index >= 15 is 0 Å². The molecule has 0 radical (unpaired) electrons. The minimum atomic E-state index is -0.172. The number of fused-ring (bicyclic) bond motifs is 1. The minimum absolute atomic E-state index is 0.00421. The van der Waals surface area contributed by atoms with Crippen LogP contribution in [0, 0.1) is 12.8 Å². The van der Waals surface area contributed by atoms with E-state index in [1.807, 2.05) is 37.3 Å². The van der Waals surface area contributed by atoms with Crippen molar-refractivity contribution < 1.29 is 4.79 Å². The molecular weight excluding hydrogens is 398 g/mol. The van der Waals surface area contributed by atoms with E-state index < -0.39 is 0 Å². The second-order valence-corrected chi connectivity index (χ2v) is 8.35. The molecule has 32 heavy (non-hydrogen) atoms. The lowest BCUT2D eigenvalue weighted by Crippen LogP contribution is -2.14. The molecule has 1 aliphatic carbocycles. The Morgan fingerprint density at radius 1 is 1.22 bits per heavy atom. The molecule has 0 saturated heterocycles. The Morgan fingerprint density at radius 3 is 2.91 bits per heavy atom. The van der Waals surface area contributed by atoms with Crippen molar-refractivity contribution in [3.8, 4) is 0 Å². The van der Waals surface area contributed by atoms with Gasteiger partial charge in [0.15, 0.2) is 0 Å². The first-order valence-electron chi connectivity index (χ1n) is 11.2. The fraction of sp³-hybridized carbons (Fsp3) is 0.308. The molecule has 164 valence electrons. The van der Waals surface area contributed by atoms with Crippen LogP contribution in [0.25, 0.3) is 6.08 Å². The zero-order valence-electron chi connectivity index (χ0n) is 18.8. The summed E-state index contributed by atoms with van der Waals surface area (Å²) in [6.07, 6.45) is 12.6. The maximum absolute atomic E-state index is 12.6. The number of nitrogens with zero attached hydrogens (tertiary/aromatic N) is 3. The molecule has 1 aromatic carbocycles. The van der Waals surface area contributed by atoms with E-state index in [9.17, 15) is 4.79 Å². The number of hydrogen-bond donors (Lipinski definition) is 2. The Morgan fingerprint density at radius 2 is 2.09 bits per heavy atom. The van der Waals surface area contributed by atoms with Gasteiger partial charge in [0.05, 0.1) is 29.2 Å². The van der Waals surface area contributed by atoms with Crippen molar-refractivity contribution in [2.45, 2.75) is 46.1 Å². The van der Waals surface area contributed by atoms with Gasteiger partial charge in [0.25, 0.3) is 5.91 Å². The maximum Gasteiger partial charge on any atom is 0.257 e. The number of aromatic nitrogens is 3. The number of hydrogen-bond acceptors (Lipinski definition) is 5. The van der Waals surface area contributed by atoms with Crippen LogP contribution >= 0.6 is 0 Å². The summed E-state index contributed by atoms with van der Waals surface area (Å²) in [6.45, 7) is 6.21. The summed E-state index contributed by atoms with van der Waals surface area (Å²) >= 11 is 0. The average Bonchev–Trinajstić information content (AvgIpc) is 3.01. The molecule has 1 amide bonds. The zero-order valence-corrected chi connectivity index (χ0v) is 18.8. The predicted octanol–water partition coefficient (Wildman–Crippen LogP) is 5.59. The topological polar surface area (TPSA) is 79.8 Å². The van der Waals surface area contributed by atoms with E-state index in [1.54, 1.807) is 18.6 Å². The number of carbonyl (C=O) groups excluding carboxylic acids is 1. The van der Waals surface area contributed by atoms with Crippen molar-refractivity contribution in [3.05, 3.63) is 83.1 Å². The van der Waals surface area contributed by atoms with Crippen molar-refractivity contribution in [1.29, 1.82) is 0 Å². The van der Waals surface area contributed by atoms with Gasteiger partial charge in [-0.15, -0.1) is 0 Å². The van der Waals surface area contributed by atoms with Crippen LogP contribution in [0.3, 0.4) is 0 Å². The summed E-state index contributed by atoms with van der Waals surface area (Å²) in [5.41, 5.74) is 5.30. The summed E-state index contributed by atoms with van der Waals surface area (Å²) in [5, 5.41) is 6.41. The van der Waals surface area contributed by atoms with Crippen LogP contribution in [0.1, 0.15) is 65.6 Å². The number of benzene rings is 1. The SMILES string of the molecule is CCC1C=Cc2ncc(N[C@@H](C)c3cccc(NC(=O)c4cncc(C)c4)c3)nc2CC1. The van der Waals surface area contributed by atoms with E-state index in [-0.39, 0.29) is 11.9 Å². The minimum Gasteiger partial charge on any atom is -0.362 e. The molecular formula is C26H29N5O. The van der Waals surface area contributed by atoms with Gasteiger partial charge in [0.1, 0.15) is 5.82 Å². The van der Waals surface area contributed by atoms with Crippen LogP contribution in [0.15, 0.2) is 55.0 Å². The molecule has 0 bridgehead atoms. The van der Waals surface area contributed by atoms with E-state index in [4.69, 9.17) is 4.98 Å². The molecule has 0 saturated carbocycles. The molecule has 2 N–H and O–H groups in total. The number of carbonyl (C=O) groups is 1. The first-order chi connectivity index (χ1) is 15.5. The van der Waals surface area contributed by atoms with Crippen LogP contribution < -0.4 is 10.6 Å². The van der Waals surface area contributed by atoms with Crippen molar-refractivity contribution >= 4 is 23.5 Å². The first kappa shape index (κ1) is 21.7. The number of aryl methyl sites for hydroxylation is 2. The monoisotopic (exact) mass is 427 g/mol. The molecule has 3 aromatic rings. The summed E-state index contributed by atoms with van der Waals surface area (Å²) in [6, 6.07) is 9.67. The Hall–Kier alpha value is -3.54. The molecule has 2 heterocycles. The first-order valence-corrected chi connectivity index (χ1v) is 11.2. The number of nitrogens with one attached hydrogen (secondary N) is 2. The highest BCUT2D eigenvalue weighted by Gasteiger charge is 2.15. The van der Waals surface area contributed by atoms with Crippen LogP contribution in [-0.4, -0.2) is 20.9 Å². The van der Waals surface area contributed by atoms with E-state index in [0.29, 0.717) is 11.5 Å². The Balaban J connectivity index is 1.44. The van der Waals surface area contributed by atoms with Gasteiger partial charge in [-0.3, -0.25) is 14.8 Å². The fourth-order valence-electron chi connectivity index (χ4n) is 3.89. The van der Waals surface area contributed by atoms with E-state index in [0.717, 1.165) is 53.3 Å². The van der Waals surface area contributed by atoms with Crippen LogP contribution in [-0.2, 0) is 6.42 Å². The molecule has 0 spiro atoms. The van der Waals surface area contributed by atoms with Crippen molar-refractivity contribution in [2.24, 2.45) is 5.92 Å². The average molecular weight is 428 g/mol. The summed E-state index contributed by atoms with van der Waals surface area (Å²) in [7, 11) is 0. The second kappa shape index (κ2) is 9.73. The van der Waals surface area contributed by atoms with Gasteiger partial charge in [-0.05, 0) is 74.4 Å². The van der Waals surface area contributed by atoms with Gasteiger partial charge in [0.2, 0.25) is 0 Å². The van der Waals surface area contributed by atoms with Crippen molar-refractivity contribution in [1.82, 2.24) is 15.0 Å². The standard InChI is InChI=1S/C26H29N5O/c1-4-19-8-10-23-24(11-9-19)31-25(16-28-23)29-18(3)20-6-5-7-22(13-20)30-26(32)21-12-17(2)14-27-15-21/h5-8,10,12-16,18-19H,4,9,11H2,1-3H3,(H,29,31)(H,30,32)/t18-,19?/m0/s1. The highest BCUT2D eigenvalue weighted by Crippen LogP contribution is 2.25. The van der Waals surface area contributed by atoms with E-state index in [2.05, 4.69) is 46.6 Å². The number of rotatable bonds is 6. The van der Waals surface area contributed by atoms with Gasteiger partial charge in [-0.1, -0.05) is 25.1 Å². The van der Waals surface area contributed by atoms with Crippen LogP contribution in [0.4, 0.5) is 11.5 Å².